The largest absolute Gasteiger partial charge is 0.497 e. The summed E-state index contributed by atoms with van der Waals surface area (Å²) in [5, 5.41) is 3.67. The average Bonchev–Trinajstić information content (AvgIpc) is 2.49. The van der Waals surface area contributed by atoms with Gasteiger partial charge < -0.3 is 10.1 Å². The zero-order chi connectivity index (χ0) is 14.8. The first kappa shape index (κ1) is 13.9. The predicted octanol–water partition coefficient (Wildman–Crippen LogP) is 4.20. The summed E-state index contributed by atoms with van der Waals surface area (Å²) >= 11 is 0. The van der Waals surface area contributed by atoms with Crippen molar-refractivity contribution < 1.29 is 4.74 Å². The molecule has 1 heterocycles. The zero-order valence-corrected chi connectivity index (χ0v) is 12.9. The van der Waals surface area contributed by atoms with E-state index in [0.717, 1.165) is 35.7 Å². The molecule has 2 aromatic rings. The molecule has 1 aliphatic rings. The van der Waals surface area contributed by atoms with Crippen LogP contribution in [0.1, 0.15) is 41.4 Å². The van der Waals surface area contributed by atoms with Gasteiger partial charge in [0, 0.05) is 5.69 Å². The monoisotopic (exact) mass is 282 g/mol. The van der Waals surface area contributed by atoms with Crippen LogP contribution in [0.25, 0.3) is 0 Å². The lowest BCUT2D eigenvalue weighted by molar-refractivity contribution is 0.413. The van der Waals surface area contributed by atoms with E-state index >= 15 is 0 Å². The van der Waals surface area contributed by atoms with Crippen LogP contribution in [0.2, 0.25) is 0 Å². The maximum absolute atomic E-state index is 5.34. The van der Waals surface area contributed by atoms with E-state index in [-0.39, 0.29) is 0 Å². The van der Waals surface area contributed by atoms with E-state index in [0.29, 0.717) is 6.04 Å². The Bertz CT molecular complexity index is 652. The number of methoxy groups -OCH3 is 1. The Hall–Kier alpha value is -2.03. The Morgan fingerprint density at radius 3 is 2.81 bits per heavy atom. The van der Waals surface area contributed by atoms with E-state index in [1.807, 2.05) is 6.92 Å². The molecule has 1 aliphatic carbocycles. The molecule has 0 aliphatic heterocycles. The number of rotatable bonds is 3. The van der Waals surface area contributed by atoms with E-state index in [2.05, 4.69) is 47.6 Å². The highest BCUT2D eigenvalue weighted by Gasteiger charge is 2.21. The summed E-state index contributed by atoms with van der Waals surface area (Å²) in [6, 6.07) is 11.0. The molecule has 3 heteroatoms. The number of hydrogen-bond acceptors (Lipinski definition) is 3. The van der Waals surface area contributed by atoms with Crippen molar-refractivity contribution in [1.29, 1.82) is 0 Å². The molecule has 0 radical (unpaired) electrons. The van der Waals surface area contributed by atoms with Crippen molar-refractivity contribution in [1.82, 2.24) is 4.98 Å². The third-order valence-electron chi connectivity index (χ3n) is 4.22. The Kier molecular flexibility index (Phi) is 3.82. The lowest BCUT2D eigenvalue weighted by Crippen LogP contribution is -2.18. The summed E-state index contributed by atoms with van der Waals surface area (Å²) in [5.41, 5.74) is 6.05. The maximum Gasteiger partial charge on any atom is 0.119 e. The van der Waals surface area contributed by atoms with E-state index < -0.39 is 0 Å². The van der Waals surface area contributed by atoms with Gasteiger partial charge in [0.1, 0.15) is 5.75 Å². The van der Waals surface area contributed by atoms with Crippen LogP contribution in [-0.4, -0.2) is 12.1 Å². The molecule has 1 N–H and O–H groups in total. The minimum atomic E-state index is 0.364. The highest BCUT2D eigenvalue weighted by atomic mass is 16.5. The molecule has 3 rings (SSSR count). The number of pyridine rings is 1. The van der Waals surface area contributed by atoms with Gasteiger partial charge in [0.25, 0.3) is 0 Å². The quantitative estimate of drug-likeness (QED) is 0.916. The first-order valence-electron chi connectivity index (χ1n) is 7.55. The van der Waals surface area contributed by atoms with Gasteiger partial charge in [-0.3, -0.25) is 4.98 Å². The molecule has 0 amide bonds. The van der Waals surface area contributed by atoms with Gasteiger partial charge in [0.05, 0.1) is 24.5 Å². The average molecular weight is 282 g/mol. The predicted molar refractivity (Wildman–Crippen MR) is 86.0 cm³/mol. The fourth-order valence-electron chi connectivity index (χ4n) is 3.09. The second-order valence-corrected chi connectivity index (χ2v) is 5.74. The fraction of sp³-hybridized carbons (Fsp3) is 0.389. The number of fused-ring (bicyclic) bond motifs is 1. The molecule has 21 heavy (non-hydrogen) atoms. The molecule has 0 spiro atoms. The van der Waals surface area contributed by atoms with Crippen molar-refractivity contribution in [2.24, 2.45) is 0 Å². The highest BCUT2D eigenvalue weighted by Crippen LogP contribution is 2.34. The van der Waals surface area contributed by atoms with E-state index in [1.165, 1.54) is 17.5 Å². The van der Waals surface area contributed by atoms with Crippen LogP contribution < -0.4 is 10.1 Å². The molecule has 0 saturated heterocycles. The van der Waals surface area contributed by atoms with E-state index in [9.17, 15) is 0 Å². The summed E-state index contributed by atoms with van der Waals surface area (Å²) in [7, 11) is 1.72. The smallest absolute Gasteiger partial charge is 0.119 e. The van der Waals surface area contributed by atoms with E-state index in [1.54, 1.807) is 7.11 Å². The number of anilines is 1. The fourth-order valence-corrected chi connectivity index (χ4v) is 3.09. The molecule has 1 aromatic carbocycles. The Labute approximate surface area is 126 Å². The molecule has 1 unspecified atom stereocenters. The Balaban J connectivity index is 1.88. The first-order chi connectivity index (χ1) is 10.2. The van der Waals surface area contributed by atoms with Gasteiger partial charge in [0.2, 0.25) is 0 Å². The summed E-state index contributed by atoms with van der Waals surface area (Å²) in [5.74, 6) is 0.947. The molecule has 1 atom stereocenters. The zero-order valence-electron chi connectivity index (χ0n) is 12.9. The third kappa shape index (κ3) is 2.87. The van der Waals surface area contributed by atoms with Gasteiger partial charge in [0.15, 0.2) is 0 Å². The lowest BCUT2D eigenvalue weighted by Gasteiger charge is -2.28. The van der Waals surface area contributed by atoms with Crippen LogP contribution in [0, 0.1) is 13.8 Å². The molecule has 3 nitrogen and oxygen atoms in total. The van der Waals surface area contributed by atoms with Crippen LogP contribution in [-0.2, 0) is 6.42 Å². The van der Waals surface area contributed by atoms with Crippen LogP contribution in [0.4, 0.5) is 5.69 Å². The summed E-state index contributed by atoms with van der Waals surface area (Å²) in [4.78, 5) is 4.54. The standard InChI is InChI=1S/C18H22N2O/c1-12-7-10-17(13(2)19-12)20-18-6-4-5-14-11-15(21-3)8-9-16(14)18/h7-11,18,20H,4-6H2,1-3H3. The number of aromatic nitrogens is 1. The van der Waals surface area contributed by atoms with Crippen LogP contribution in [0.15, 0.2) is 30.3 Å². The molecule has 110 valence electrons. The molecular formula is C18H22N2O. The minimum absolute atomic E-state index is 0.364. The Morgan fingerprint density at radius 1 is 1.19 bits per heavy atom. The molecule has 1 aromatic heterocycles. The van der Waals surface area contributed by atoms with Crippen molar-refractivity contribution in [2.45, 2.75) is 39.2 Å². The second-order valence-electron chi connectivity index (χ2n) is 5.74. The van der Waals surface area contributed by atoms with Crippen molar-refractivity contribution >= 4 is 5.69 Å². The molecule has 0 bridgehead atoms. The van der Waals surface area contributed by atoms with E-state index in [4.69, 9.17) is 4.74 Å². The number of hydrogen-bond donors (Lipinski definition) is 1. The third-order valence-corrected chi connectivity index (χ3v) is 4.22. The molecule has 0 fully saturated rings. The van der Waals surface area contributed by atoms with Gasteiger partial charge >= 0.3 is 0 Å². The van der Waals surface area contributed by atoms with Gasteiger partial charge in [-0.05, 0) is 68.5 Å². The van der Waals surface area contributed by atoms with Gasteiger partial charge in [-0.1, -0.05) is 6.07 Å². The van der Waals surface area contributed by atoms with Gasteiger partial charge in [-0.15, -0.1) is 0 Å². The number of nitrogens with zero attached hydrogens (tertiary/aromatic N) is 1. The number of aryl methyl sites for hydroxylation is 3. The topological polar surface area (TPSA) is 34.1 Å². The van der Waals surface area contributed by atoms with Crippen LogP contribution in [0.5, 0.6) is 5.75 Å². The van der Waals surface area contributed by atoms with Gasteiger partial charge in [-0.2, -0.15) is 0 Å². The van der Waals surface area contributed by atoms with Crippen molar-refractivity contribution in [2.75, 3.05) is 12.4 Å². The van der Waals surface area contributed by atoms with Crippen LogP contribution >= 0.6 is 0 Å². The van der Waals surface area contributed by atoms with Crippen molar-refractivity contribution in [3.63, 3.8) is 0 Å². The molecular weight excluding hydrogens is 260 g/mol. The Morgan fingerprint density at radius 2 is 2.05 bits per heavy atom. The summed E-state index contributed by atoms with van der Waals surface area (Å²) < 4.78 is 5.34. The normalized spacial score (nSPS) is 17.2. The van der Waals surface area contributed by atoms with Crippen molar-refractivity contribution in [3.8, 4) is 5.75 Å². The number of ether oxygens (including phenoxy) is 1. The first-order valence-corrected chi connectivity index (χ1v) is 7.55. The van der Waals surface area contributed by atoms with Crippen LogP contribution in [0.3, 0.4) is 0 Å². The lowest BCUT2D eigenvalue weighted by atomic mass is 9.87. The minimum Gasteiger partial charge on any atom is -0.497 e. The molecule has 0 saturated carbocycles. The maximum atomic E-state index is 5.34. The number of nitrogens with one attached hydrogen (secondary N) is 1. The summed E-state index contributed by atoms with van der Waals surface area (Å²) in [6.45, 7) is 4.09. The highest BCUT2D eigenvalue weighted by molar-refractivity contribution is 5.51. The second kappa shape index (κ2) is 5.76. The van der Waals surface area contributed by atoms with Gasteiger partial charge in [-0.25, -0.2) is 0 Å². The summed E-state index contributed by atoms with van der Waals surface area (Å²) in [6.07, 6.45) is 3.50. The van der Waals surface area contributed by atoms with Crippen molar-refractivity contribution in [3.05, 3.63) is 52.8 Å². The number of benzene rings is 1. The SMILES string of the molecule is COc1ccc2c(c1)CCCC2Nc1ccc(C)nc1C.